The van der Waals surface area contributed by atoms with Crippen LogP contribution >= 0.6 is 0 Å². The van der Waals surface area contributed by atoms with Gasteiger partial charge < -0.3 is 10.1 Å². The van der Waals surface area contributed by atoms with Crippen molar-refractivity contribution in [1.82, 2.24) is 5.32 Å². The van der Waals surface area contributed by atoms with E-state index in [9.17, 15) is 9.59 Å². The number of alkyl carbamates (subject to hydrolysis) is 1. The maximum Gasteiger partial charge on any atom is 0.415 e. The van der Waals surface area contributed by atoms with Gasteiger partial charge in [-0.3, -0.25) is 0 Å². The predicted molar refractivity (Wildman–Crippen MR) is 66.5 cm³/mol. The standard InChI is InChI=1S/C13H19NO3/c1-3-5-6-7-8-9-10-11-14-13(16)17-12(15)4-2/h4,8,10H,2-3,5-7,11H2,1H3,(H,14,16). The predicted octanol–water partition coefficient (Wildman–Crippen LogP) is 2.72. The van der Waals surface area contributed by atoms with Gasteiger partial charge in [0.15, 0.2) is 0 Å². The zero-order chi connectivity index (χ0) is 12.9. The van der Waals surface area contributed by atoms with Crippen LogP contribution in [0.1, 0.15) is 32.6 Å². The Bertz CT molecular complexity index is 315. The minimum Gasteiger partial charge on any atom is -0.373 e. The molecule has 0 bridgehead atoms. The topological polar surface area (TPSA) is 55.4 Å². The molecular weight excluding hydrogens is 218 g/mol. The molecule has 0 radical (unpaired) electrons. The Morgan fingerprint density at radius 2 is 2.12 bits per heavy atom. The Labute approximate surface area is 102 Å². The lowest BCUT2D eigenvalue weighted by molar-refractivity contribution is -0.131. The number of hydrogen-bond donors (Lipinski definition) is 1. The van der Waals surface area contributed by atoms with Crippen LogP contribution in [-0.4, -0.2) is 18.6 Å². The minimum absolute atomic E-state index is 0.285. The van der Waals surface area contributed by atoms with Crippen molar-refractivity contribution in [3.05, 3.63) is 30.5 Å². The smallest absolute Gasteiger partial charge is 0.373 e. The van der Waals surface area contributed by atoms with Gasteiger partial charge in [0.05, 0.1) is 0 Å². The molecule has 0 rings (SSSR count). The molecule has 0 aromatic heterocycles. The zero-order valence-electron chi connectivity index (χ0n) is 10.2. The number of nitrogens with one attached hydrogen (secondary N) is 1. The summed E-state index contributed by atoms with van der Waals surface area (Å²) in [6.45, 7) is 5.62. The van der Waals surface area contributed by atoms with Crippen LogP contribution in [0.5, 0.6) is 0 Å². The van der Waals surface area contributed by atoms with Crippen molar-refractivity contribution < 1.29 is 14.3 Å². The molecule has 0 aromatic carbocycles. The summed E-state index contributed by atoms with van der Waals surface area (Å²) in [5, 5.41) is 2.38. The second kappa shape index (κ2) is 10.7. The fourth-order valence-corrected chi connectivity index (χ4v) is 1.03. The van der Waals surface area contributed by atoms with Crippen LogP contribution < -0.4 is 5.32 Å². The summed E-state index contributed by atoms with van der Waals surface area (Å²) in [6, 6.07) is 0. The molecule has 0 heterocycles. The van der Waals surface area contributed by atoms with Crippen LogP contribution in [0.3, 0.4) is 0 Å². The van der Waals surface area contributed by atoms with E-state index in [-0.39, 0.29) is 6.54 Å². The molecule has 0 atom stereocenters. The highest BCUT2D eigenvalue weighted by Gasteiger charge is 2.03. The third kappa shape index (κ3) is 10.5. The quantitative estimate of drug-likeness (QED) is 0.243. The van der Waals surface area contributed by atoms with Gasteiger partial charge in [-0.2, -0.15) is 0 Å². The molecule has 0 fully saturated rings. The number of carbonyl (C=O) groups is 2. The first kappa shape index (κ1) is 15.2. The molecule has 0 spiro atoms. The normalized spacial score (nSPS) is 8.76. The van der Waals surface area contributed by atoms with E-state index in [1.165, 1.54) is 12.8 Å². The number of rotatable bonds is 7. The summed E-state index contributed by atoms with van der Waals surface area (Å²) in [5.41, 5.74) is 2.94. The minimum atomic E-state index is -0.779. The zero-order valence-corrected chi connectivity index (χ0v) is 10.2. The van der Waals surface area contributed by atoms with Gasteiger partial charge >= 0.3 is 12.1 Å². The lowest BCUT2D eigenvalue weighted by Gasteiger charge is -1.99. The molecule has 1 amide bonds. The molecule has 0 saturated heterocycles. The van der Waals surface area contributed by atoms with Crippen molar-refractivity contribution in [2.45, 2.75) is 32.6 Å². The van der Waals surface area contributed by atoms with Crippen LogP contribution in [-0.2, 0) is 9.53 Å². The van der Waals surface area contributed by atoms with Gasteiger partial charge in [0.25, 0.3) is 0 Å². The molecule has 17 heavy (non-hydrogen) atoms. The van der Waals surface area contributed by atoms with Gasteiger partial charge in [0.2, 0.25) is 0 Å². The Morgan fingerprint density at radius 1 is 1.35 bits per heavy atom. The molecular formula is C13H19NO3. The van der Waals surface area contributed by atoms with E-state index in [2.05, 4.69) is 29.3 Å². The Kier molecular flexibility index (Phi) is 9.58. The van der Waals surface area contributed by atoms with Crippen molar-refractivity contribution in [3.63, 3.8) is 0 Å². The number of esters is 1. The average molecular weight is 237 g/mol. The van der Waals surface area contributed by atoms with E-state index in [1.807, 2.05) is 6.08 Å². The van der Waals surface area contributed by atoms with Crippen LogP contribution in [0.4, 0.5) is 4.79 Å². The largest absolute Gasteiger partial charge is 0.415 e. The molecule has 1 N–H and O–H groups in total. The third-order valence-corrected chi connectivity index (χ3v) is 1.90. The highest BCUT2D eigenvalue weighted by Crippen LogP contribution is 1.98. The molecule has 0 aliphatic rings. The molecule has 4 heteroatoms. The van der Waals surface area contributed by atoms with Crippen LogP contribution in [0.2, 0.25) is 0 Å². The van der Waals surface area contributed by atoms with E-state index in [4.69, 9.17) is 0 Å². The Balaban J connectivity index is 3.61. The number of amides is 1. The molecule has 4 nitrogen and oxygen atoms in total. The van der Waals surface area contributed by atoms with Crippen molar-refractivity contribution in [2.75, 3.05) is 6.54 Å². The number of carbonyl (C=O) groups excluding carboxylic acids is 2. The number of unbranched alkanes of at least 4 members (excludes halogenated alkanes) is 3. The summed E-state index contributed by atoms with van der Waals surface area (Å²) in [4.78, 5) is 21.6. The first-order valence-electron chi connectivity index (χ1n) is 5.72. The second-order valence-electron chi connectivity index (χ2n) is 3.36. The summed E-state index contributed by atoms with van der Waals surface area (Å²) < 4.78 is 4.29. The van der Waals surface area contributed by atoms with Crippen molar-refractivity contribution in [3.8, 4) is 0 Å². The molecule has 0 aliphatic heterocycles. The third-order valence-electron chi connectivity index (χ3n) is 1.90. The maximum absolute atomic E-state index is 10.9. The van der Waals surface area contributed by atoms with E-state index in [0.29, 0.717) is 0 Å². The highest BCUT2D eigenvalue weighted by atomic mass is 16.6. The van der Waals surface area contributed by atoms with Gasteiger partial charge in [-0.25, -0.2) is 9.59 Å². The Morgan fingerprint density at radius 3 is 2.76 bits per heavy atom. The van der Waals surface area contributed by atoms with Crippen molar-refractivity contribution in [2.24, 2.45) is 0 Å². The monoisotopic (exact) mass is 237 g/mol. The van der Waals surface area contributed by atoms with Crippen molar-refractivity contribution >= 4 is 12.1 Å². The summed E-state index contributed by atoms with van der Waals surface area (Å²) in [5.74, 6) is -0.762. The highest BCUT2D eigenvalue weighted by molar-refractivity contribution is 5.91. The molecule has 0 aromatic rings. The van der Waals surface area contributed by atoms with Crippen LogP contribution in [0.15, 0.2) is 30.5 Å². The summed E-state index contributed by atoms with van der Waals surface area (Å²) in [6.07, 6.45) is 8.31. The van der Waals surface area contributed by atoms with E-state index in [0.717, 1.165) is 18.9 Å². The van der Waals surface area contributed by atoms with Crippen LogP contribution in [0.25, 0.3) is 0 Å². The van der Waals surface area contributed by atoms with Crippen molar-refractivity contribution in [1.29, 1.82) is 0 Å². The molecule has 94 valence electrons. The summed E-state index contributed by atoms with van der Waals surface area (Å²) in [7, 11) is 0. The molecule has 0 aliphatic carbocycles. The first-order valence-corrected chi connectivity index (χ1v) is 5.72. The van der Waals surface area contributed by atoms with Gasteiger partial charge in [-0.15, -0.1) is 5.73 Å². The van der Waals surface area contributed by atoms with E-state index >= 15 is 0 Å². The number of ether oxygens (including phenoxy) is 1. The molecule has 0 unspecified atom stereocenters. The molecule has 0 saturated carbocycles. The number of hydrogen-bond acceptors (Lipinski definition) is 3. The summed E-state index contributed by atoms with van der Waals surface area (Å²) >= 11 is 0. The maximum atomic E-state index is 10.9. The van der Waals surface area contributed by atoms with Crippen LogP contribution in [0, 0.1) is 0 Å². The Hall–Kier alpha value is -1.80. The van der Waals surface area contributed by atoms with Gasteiger partial charge in [0, 0.05) is 12.6 Å². The van der Waals surface area contributed by atoms with Gasteiger partial charge in [-0.1, -0.05) is 26.3 Å². The first-order chi connectivity index (χ1) is 8.20. The van der Waals surface area contributed by atoms with Gasteiger partial charge in [0.1, 0.15) is 0 Å². The lowest BCUT2D eigenvalue weighted by Crippen LogP contribution is -2.26. The fourth-order valence-electron chi connectivity index (χ4n) is 1.03. The van der Waals surface area contributed by atoms with Gasteiger partial charge in [-0.05, 0) is 25.0 Å². The van der Waals surface area contributed by atoms with E-state index in [1.54, 1.807) is 6.08 Å². The average Bonchev–Trinajstić information content (AvgIpc) is 2.32. The SMILES string of the molecule is C=CC(=O)OC(=O)NCC=C=CCCCCC. The fraction of sp³-hybridized carbons (Fsp3) is 0.462. The van der Waals surface area contributed by atoms with E-state index < -0.39 is 12.1 Å². The second-order valence-corrected chi connectivity index (χ2v) is 3.36. The lowest BCUT2D eigenvalue weighted by atomic mass is 10.2.